The number of ether oxygens (including phenoxy) is 3. The number of amides is 3. The van der Waals surface area contributed by atoms with Crippen molar-refractivity contribution in [1.29, 1.82) is 0 Å². The van der Waals surface area contributed by atoms with E-state index in [0.29, 0.717) is 29.3 Å². The fourth-order valence-corrected chi connectivity index (χ4v) is 3.34. The number of benzene rings is 2. The van der Waals surface area contributed by atoms with Crippen molar-refractivity contribution in [2.24, 2.45) is 0 Å². The maximum absolute atomic E-state index is 13.0. The van der Waals surface area contributed by atoms with Gasteiger partial charge in [-0.15, -0.1) is 0 Å². The van der Waals surface area contributed by atoms with Crippen LogP contribution in [0.25, 0.3) is 0 Å². The first-order valence-corrected chi connectivity index (χ1v) is 10.5. The molecule has 0 saturated carbocycles. The minimum Gasteiger partial charge on any atom is -0.501 e. The van der Waals surface area contributed by atoms with E-state index in [2.05, 4.69) is 21.9 Å². The van der Waals surface area contributed by atoms with E-state index in [1.54, 1.807) is 31.3 Å². The van der Waals surface area contributed by atoms with Gasteiger partial charge < -0.3 is 24.4 Å². The molecule has 9 heteroatoms. The molecule has 0 aliphatic carbocycles. The molecule has 34 heavy (non-hydrogen) atoms. The first-order valence-electron chi connectivity index (χ1n) is 10.5. The summed E-state index contributed by atoms with van der Waals surface area (Å²) < 4.78 is 15.7. The zero-order valence-electron chi connectivity index (χ0n) is 19.3. The Morgan fingerprint density at radius 2 is 1.91 bits per heavy atom. The number of fused-ring (bicyclic) bond motifs is 1. The first-order chi connectivity index (χ1) is 16.3. The molecule has 2 N–H and O–H groups in total. The van der Waals surface area contributed by atoms with Gasteiger partial charge in [0.1, 0.15) is 24.2 Å². The largest absolute Gasteiger partial charge is 0.501 e. The number of nitrogens with one attached hydrogen (secondary N) is 2. The van der Waals surface area contributed by atoms with Crippen LogP contribution in [-0.2, 0) is 25.5 Å². The lowest BCUT2D eigenvalue weighted by atomic mass is 10.1. The average molecular weight is 466 g/mol. The summed E-state index contributed by atoms with van der Waals surface area (Å²) in [5.74, 6) is 0.100. The van der Waals surface area contributed by atoms with Gasteiger partial charge in [-0.2, -0.15) is 0 Å². The molecular formula is C25H27N3O6. The van der Waals surface area contributed by atoms with E-state index in [1.165, 1.54) is 19.1 Å². The van der Waals surface area contributed by atoms with Crippen LogP contribution in [0.2, 0.25) is 0 Å². The van der Waals surface area contributed by atoms with Gasteiger partial charge in [-0.25, -0.2) is 4.79 Å². The zero-order valence-corrected chi connectivity index (χ0v) is 19.3. The first kappa shape index (κ1) is 24.4. The Balaban J connectivity index is 1.69. The topological polar surface area (TPSA) is 106 Å². The SMILES string of the molecule is C=C(/C=C(/Cc1ccccc1)OC)C(=O)N[C@H]1COc2ccc(NC(=O)OC)cc2N(C)C1=O. The molecule has 0 fully saturated rings. The predicted octanol–water partition coefficient (Wildman–Crippen LogP) is 3.03. The van der Waals surface area contributed by atoms with Crippen LogP contribution in [0.5, 0.6) is 5.75 Å². The number of hydrogen-bond acceptors (Lipinski definition) is 6. The zero-order chi connectivity index (χ0) is 24.7. The summed E-state index contributed by atoms with van der Waals surface area (Å²) in [6.07, 6.45) is 1.41. The van der Waals surface area contributed by atoms with E-state index < -0.39 is 18.0 Å². The lowest BCUT2D eigenvalue weighted by molar-refractivity contribution is -0.125. The Kier molecular flexibility index (Phi) is 7.92. The third-order valence-electron chi connectivity index (χ3n) is 5.20. The van der Waals surface area contributed by atoms with Crippen molar-refractivity contribution in [3.05, 3.63) is 78.1 Å². The maximum atomic E-state index is 13.0. The minimum atomic E-state index is -0.938. The Labute approximate surface area is 198 Å². The molecule has 1 heterocycles. The van der Waals surface area contributed by atoms with Gasteiger partial charge in [-0.3, -0.25) is 14.9 Å². The van der Waals surface area contributed by atoms with E-state index >= 15 is 0 Å². The third-order valence-corrected chi connectivity index (χ3v) is 5.20. The standard InChI is InChI=1S/C25H27N3O6/c1-16(12-19(32-3)13-17-8-6-5-7-9-17)23(29)27-20-15-34-22-11-10-18(26-25(31)33-4)14-21(22)28(2)24(20)30/h5-12,14,20H,1,13,15H2,2-4H3,(H,26,31)(H,27,29)/b19-12-/t20-/m0/s1. The number of hydrogen-bond donors (Lipinski definition) is 2. The number of methoxy groups -OCH3 is 2. The number of carbonyl (C=O) groups excluding carboxylic acids is 3. The Morgan fingerprint density at radius 1 is 1.18 bits per heavy atom. The van der Waals surface area contributed by atoms with E-state index in [4.69, 9.17) is 9.47 Å². The third kappa shape index (κ3) is 5.94. The van der Waals surface area contributed by atoms with Gasteiger partial charge in [0.05, 0.1) is 19.9 Å². The molecule has 0 unspecified atom stereocenters. The maximum Gasteiger partial charge on any atom is 0.411 e. The summed E-state index contributed by atoms with van der Waals surface area (Å²) in [5, 5.41) is 5.22. The van der Waals surface area contributed by atoms with Gasteiger partial charge >= 0.3 is 6.09 Å². The molecule has 0 saturated heterocycles. The molecule has 1 atom stereocenters. The number of likely N-dealkylation sites (N-methyl/N-ethyl adjacent to an activating group) is 1. The van der Waals surface area contributed by atoms with Crippen LogP contribution in [0.15, 0.2) is 72.5 Å². The van der Waals surface area contributed by atoms with Crippen LogP contribution in [-0.4, -0.2) is 51.8 Å². The van der Waals surface area contributed by atoms with Crippen LogP contribution >= 0.6 is 0 Å². The molecule has 2 aromatic rings. The van der Waals surface area contributed by atoms with Crippen molar-refractivity contribution in [2.75, 3.05) is 38.1 Å². The second kappa shape index (κ2) is 11.0. The van der Waals surface area contributed by atoms with Crippen molar-refractivity contribution < 1.29 is 28.6 Å². The molecule has 0 aromatic heterocycles. The number of carbonyl (C=O) groups is 3. The van der Waals surface area contributed by atoms with Gasteiger partial charge in [0.15, 0.2) is 0 Å². The number of nitrogens with zero attached hydrogens (tertiary/aromatic N) is 1. The summed E-state index contributed by atoms with van der Waals surface area (Å²) in [7, 11) is 4.35. The minimum absolute atomic E-state index is 0.0656. The molecule has 3 rings (SSSR count). The van der Waals surface area contributed by atoms with Crippen molar-refractivity contribution in [3.63, 3.8) is 0 Å². The summed E-state index contributed by atoms with van der Waals surface area (Å²) in [4.78, 5) is 38.6. The van der Waals surface area contributed by atoms with E-state index in [-0.39, 0.29) is 18.1 Å². The molecule has 0 spiro atoms. The van der Waals surface area contributed by atoms with Gasteiger partial charge in [0.2, 0.25) is 0 Å². The monoisotopic (exact) mass is 465 g/mol. The van der Waals surface area contributed by atoms with E-state index in [0.717, 1.165) is 5.56 Å². The smallest absolute Gasteiger partial charge is 0.411 e. The average Bonchev–Trinajstić information content (AvgIpc) is 2.96. The van der Waals surface area contributed by atoms with Crippen LogP contribution in [0.1, 0.15) is 5.56 Å². The fraction of sp³-hybridized carbons (Fsp3) is 0.240. The highest BCUT2D eigenvalue weighted by molar-refractivity contribution is 6.04. The second-order valence-corrected chi connectivity index (χ2v) is 7.54. The molecule has 178 valence electrons. The Hall–Kier alpha value is -4.27. The molecule has 1 aliphatic rings. The van der Waals surface area contributed by atoms with Gasteiger partial charge in [0, 0.05) is 24.7 Å². The summed E-state index contributed by atoms with van der Waals surface area (Å²) in [6, 6.07) is 13.6. The van der Waals surface area contributed by atoms with Crippen LogP contribution < -0.4 is 20.3 Å². The van der Waals surface area contributed by atoms with Gasteiger partial charge in [0.25, 0.3) is 11.8 Å². The number of allylic oxidation sites excluding steroid dienone is 1. The molecule has 0 bridgehead atoms. The highest BCUT2D eigenvalue weighted by atomic mass is 16.5. The van der Waals surface area contributed by atoms with Crippen LogP contribution in [0, 0.1) is 0 Å². The molecule has 2 aromatic carbocycles. The van der Waals surface area contributed by atoms with Crippen molar-refractivity contribution in [2.45, 2.75) is 12.5 Å². The van der Waals surface area contributed by atoms with Crippen molar-refractivity contribution in [1.82, 2.24) is 5.32 Å². The Morgan fingerprint density at radius 3 is 2.59 bits per heavy atom. The molecule has 1 aliphatic heterocycles. The normalized spacial score (nSPS) is 15.4. The molecule has 3 amide bonds. The molecule has 0 radical (unpaired) electrons. The molecule has 9 nitrogen and oxygen atoms in total. The van der Waals surface area contributed by atoms with E-state index in [9.17, 15) is 14.4 Å². The number of rotatable bonds is 7. The van der Waals surface area contributed by atoms with Crippen LogP contribution in [0.3, 0.4) is 0 Å². The van der Waals surface area contributed by atoms with E-state index in [1.807, 2.05) is 30.3 Å². The Bertz CT molecular complexity index is 1110. The van der Waals surface area contributed by atoms with Crippen molar-refractivity contribution >= 4 is 29.3 Å². The second-order valence-electron chi connectivity index (χ2n) is 7.54. The van der Waals surface area contributed by atoms with Crippen LogP contribution in [0.4, 0.5) is 16.2 Å². The highest BCUT2D eigenvalue weighted by Gasteiger charge is 2.31. The van der Waals surface area contributed by atoms with Gasteiger partial charge in [-0.05, 0) is 29.8 Å². The van der Waals surface area contributed by atoms with Crippen molar-refractivity contribution in [3.8, 4) is 5.75 Å². The molecular weight excluding hydrogens is 438 g/mol. The fourth-order valence-electron chi connectivity index (χ4n) is 3.34. The quantitative estimate of drug-likeness (QED) is 0.370. The summed E-state index contributed by atoms with van der Waals surface area (Å²) in [5.41, 5.74) is 2.05. The number of anilines is 2. The lowest BCUT2D eigenvalue weighted by Gasteiger charge is -2.21. The lowest BCUT2D eigenvalue weighted by Crippen LogP contribution is -2.49. The summed E-state index contributed by atoms with van der Waals surface area (Å²) in [6.45, 7) is 3.75. The summed E-state index contributed by atoms with van der Waals surface area (Å²) >= 11 is 0. The highest BCUT2D eigenvalue weighted by Crippen LogP contribution is 2.33. The van der Waals surface area contributed by atoms with Gasteiger partial charge in [-0.1, -0.05) is 36.9 Å². The predicted molar refractivity (Wildman–Crippen MR) is 128 cm³/mol.